The number of nitrogens with zero attached hydrogens (tertiary/aromatic N) is 2. The van der Waals surface area contributed by atoms with Gasteiger partial charge in [0.1, 0.15) is 5.69 Å². The molecule has 0 aliphatic carbocycles. The fourth-order valence-electron chi connectivity index (χ4n) is 2.90. The van der Waals surface area contributed by atoms with E-state index in [1.807, 2.05) is 31.2 Å². The molecule has 1 aliphatic rings. The topological polar surface area (TPSA) is 65.6 Å². The molecule has 2 heterocycles. The summed E-state index contributed by atoms with van der Waals surface area (Å²) in [6, 6.07) is 7.88. The summed E-state index contributed by atoms with van der Waals surface area (Å²) in [4.78, 5) is 30.9. The number of hydrogen-bond donors (Lipinski definition) is 1. The van der Waals surface area contributed by atoms with Gasteiger partial charge >= 0.3 is 6.09 Å². The molecule has 3 rings (SSSR count). The Hall–Kier alpha value is -2.50. The highest BCUT2D eigenvalue weighted by molar-refractivity contribution is 5.98. The van der Waals surface area contributed by atoms with Gasteiger partial charge in [0.2, 0.25) is 0 Å². The third kappa shape index (κ3) is 3.02. The fourth-order valence-corrected chi connectivity index (χ4v) is 2.90. The summed E-state index contributed by atoms with van der Waals surface area (Å²) in [5.74, 6) is -0.0240. The number of benzene rings is 1. The van der Waals surface area contributed by atoms with E-state index in [4.69, 9.17) is 4.74 Å². The van der Waals surface area contributed by atoms with E-state index in [1.165, 1.54) is 0 Å². The van der Waals surface area contributed by atoms with E-state index >= 15 is 0 Å². The van der Waals surface area contributed by atoms with Crippen LogP contribution in [0.15, 0.2) is 24.3 Å². The third-order valence-corrected chi connectivity index (χ3v) is 4.21. The number of carbonyl (C=O) groups is 2. The summed E-state index contributed by atoms with van der Waals surface area (Å²) in [6.45, 7) is 6.23. The third-order valence-electron chi connectivity index (χ3n) is 4.21. The molecular formula is C17H21N3O3. The Balaban J connectivity index is 1.69. The van der Waals surface area contributed by atoms with Gasteiger partial charge < -0.3 is 19.5 Å². The molecule has 0 saturated carbocycles. The van der Waals surface area contributed by atoms with E-state index in [0.717, 1.165) is 16.5 Å². The van der Waals surface area contributed by atoms with Crippen LogP contribution in [0, 0.1) is 6.92 Å². The van der Waals surface area contributed by atoms with Gasteiger partial charge in [-0.3, -0.25) is 4.79 Å². The van der Waals surface area contributed by atoms with Crippen molar-refractivity contribution in [3.05, 3.63) is 35.5 Å². The van der Waals surface area contributed by atoms with Crippen molar-refractivity contribution < 1.29 is 14.3 Å². The highest BCUT2D eigenvalue weighted by atomic mass is 16.6. The van der Waals surface area contributed by atoms with Crippen molar-refractivity contribution in [3.8, 4) is 0 Å². The minimum Gasteiger partial charge on any atom is -0.450 e. The Bertz CT molecular complexity index is 730. The number of aromatic amines is 1. The second-order valence-corrected chi connectivity index (χ2v) is 5.70. The van der Waals surface area contributed by atoms with Crippen LogP contribution in [0.2, 0.25) is 0 Å². The van der Waals surface area contributed by atoms with Crippen LogP contribution in [0.1, 0.15) is 23.0 Å². The lowest BCUT2D eigenvalue weighted by atomic mass is 10.1. The first-order chi connectivity index (χ1) is 11.1. The number of fused-ring (bicyclic) bond motifs is 1. The molecule has 6 heteroatoms. The standard InChI is InChI=1S/C17H21N3O3/c1-3-23-17(22)20-9-7-19(8-10-20)16(21)15-11-13-12(2)5-4-6-14(13)18-15/h4-6,11,18H,3,7-10H2,1-2H3. The number of hydrogen-bond acceptors (Lipinski definition) is 3. The van der Waals surface area contributed by atoms with Crippen molar-refractivity contribution in [2.24, 2.45) is 0 Å². The maximum absolute atomic E-state index is 12.6. The fraction of sp³-hybridized carbons (Fsp3) is 0.412. The van der Waals surface area contributed by atoms with E-state index in [2.05, 4.69) is 4.98 Å². The maximum Gasteiger partial charge on any atom is 0.409 e. The van der Waals surface area contributed by atoms with Crippen LogP contribution < -0.4 is 0 Å². The Labute approximate surface area is 135 Å². The van der Waals surface area contributed by atoms with E-state index in [0.29, 0.717) is 38.5 Å². The van der Waals surface area contributed by atoms with Gasteiger partial charge in [0.25, 0.3) is 5.91 Å². The predicted molar refractivity (Wildman–Crippen MR) is 87.5 cm³/mol. The van der Waals surface area contributed by atoms with Crippen LogP contribution in [0.4, 0.5) is 4.79 Å². The van der Waals surface area contributed by atoms with Crippen molar-refractivity contribution in [2.45, 2.75) is 13.8 Å². The van der Waals surface area contributed by atoms with Crippen LogP contribution >= 0.6 is 0 Å². The van der Waals surface area contributed by atoms with Crippen LogP contribution in [-0.2, 0) is 4.74 Å². The molecule has 0 bridgehead atoms. The molecular weight excluding hydrogens is 294 g/mol. The number of aryl methyl sites for hydroxylation is 1. The predicted octanol–water partition coefficient (Wildman–Crippen LogP) is 2.39. The molecule has 1 aromatic carbocycles. The van der Waals surface area contributed by atoms with Crippen molar-refractivity contribution in [2.75, 3.05) is 32.8 Å². The molecule has 1 aromatic heterocycles. The van der Waals surface area contributed by atoms with E-state index in [1.54, 1.807) is 16.7 Å². The number of carbonyl (C=O) groups excluding carboxylic acids is 2. The zero-order valence-corrected chi connectivity index (χ0v) is 13.5. The zero-order valence-electron chi connectivity index (χ0n) is 13.5. The molecule has 1 aliphatic heterocycles. The molecule has 0 spiro atoms. The monoisotopic (exact) mass is 315 g/mol. The number of piperazine rings is 1. The summed E-state index contributed by atoms with van der Waals surface area (Å²) in [5, 5.41) is 1.07. The Morgan fingerprint density at radius 3 is 2.52 bits per heavy atom. The summed E-state index contributed by atoms with van der Waals surface area (Å²) >= 11 is 0. The first-order valence-corrected chi connectivity index (χ1v) is 7.89. The quantitative estimate of drug-likeness (QED) is 0.925. The molecule has 2 aromatic rings. The normalized spacial score (nSPS) is 15.0. The molecule has 0 radical (unpaired) electrons. The minimum atomic E-state index is -0.305. The largest absolute Gasteiger partial charge is 0.450 e. The number of amides is 2. The zero-order chi connectivity index (χ0) is 16.4. The first kappa shape index (κ1) is 15.4. The number of rotatable bonds is 2. The molecule has 0 atom stereocenters. The van der Waals surface area contributed by atoms with E-state index in [-0.39, 0.29) is 12.0 Å². The highest BCUT2D eigenvalue weighted by Gasteiger charge is 2.26. The molecule has 23 heavy (non-hydrogen) atoms. The van der Waals surface area contributed by atoms with Gasteiger partial charge in [0, 0.05) is 37.1 Å². The summed E-state index contributed by atoms with van der Waals surface area (Å²) in [5.41, 5.74) is 2.71. The first-order valence-electron chi connectivity index (χ1n) is 7.89. The van der Waals surface area contributed by atoms with Crippen molar-refractivity contribution in [1.29, 1.82) is 0 Å². The molecule has 1 saturated heterocycles. The van der Waals surface area contributed by atoms with Gasteiger partial charge in [-0.2, -0.15) is 0 Å². The molecule has 2 amide bonds. The minimum absolute atomic E-state index is 0.0240. The average Bonchev–Trinajstić information content (AvgIpc) is 3.00. The lowest BCUT2D eigenvalue weighted by Crippen LogP contribution is -2.50. The summed E-state index contributed by atoms with van der Waals surface area (Å²) < 4.78 is 4.99. The van der Waals surface area contributed by atoms with Gasteiger partial charge in [0.15, 0.2) is 0 Å². The summed E-state index contributed by atoms with van der Waals surface area (Å²) in [6.07, 6.45) is -0.305. The molecule has 1 fully saturated rings. The van der Waals surface area contributed by atoms with E-state index < -0.39 is 0 Å². The molecule has 1 N–H and O–H groups in total. The smallest absolute Gasteiger partial charge is 0.409 e. The van der Waals surface area contributed by atoms with Gasteiger partial charge in [-0.25, -0.2) is 4.79 Å². The Kier molecular flexibility index (Phi) is 4.23. The van der Waals surface area contributed by atoms with Crippen LogP contribution in [0.25, 0.3) is 10.9 Å². The van der Waals surface area contributed by atoms with Gasteiger partial charge in [0.05, 0.1) is 6.61 Å². The second-order valence-electron chi connectivity index (χ2n) is 5.70. The van der Waals surface area contributed by atoms with Crippen LogP contribution in [0.3, 0.4) is 0 Å². The average molecular weight is 315 g/mol. The molecule has 0 unspecified atom stereocenters. The number of ether oxygens (including phenoxy) is 1. The van der Waals surface area contributed by atoms with Crippen molar-refractivity contribution in [1.82, 2.24) is 14.8 Å². The van der Waals surface area contributed by atoms with E-state index in [9.17, 15) is 9.59 Å². The van der Waals surface area contributed by atoms with Gasteiger partial charge in [-0.1, -0.05) is 12.1 Å². The van der Waals surface area contributed by atoms with Gasteiger partial charge in [-0.05, 0) is 31.5 Å². The van der Waals surface area contributed by atoms with Gasteiger partial charge in [-0.15, -0.1) is 0 Å². The highest BCUT2D eigenvalue weighted by Crippen LogP contribution is 2.20. The molecule has 6 nitrogen and oxygen atoms in total. The lowest BCUT2D eigenvalue weighted by molar-refractivity contribution is 0.0566. The Morgan fingerprint density at radius 1 is 1.17 bits per heavy atom. The van der Waals surface area contributed by atoms with Crippen molar-refractivity contribution >= 4 is 22.9 Å². The second kappa shape index (κ2) is 6.32. The maximum atomic E-state index is 12.6. The molecule has 122 valence electrons. The number of H-pyrrole nitrogens is 1. The lowest BCUT2D eigenvalue weighted by Gasteiger charge is -2.33. The van der Waals surface area contributed by atoms with Crippen molar-refractivity contribution in [3.63, 3.8) is 0 Å². The Morgan fingerprint density at radius 2 is 1.87 bits per heavy atom. The number of aromatic nitrogens is 1. The number of nitrogens with one attached hydrogen (secondary N) is 1. The van der Waals surface area contributed by atoms with Crippen LogP contribution in [-0.4, -0.2) is 59.6 Å². The SMILES string of the molecule is CCOC(=O)N1CCN(C(=O)c2cc3c(C)cccc3[nH]2)CC1. The summed E-state index contributed by atoms with van der Waals surface area (Å²) in [7, 11) is 0. The van der Waals surface area contributed by atoms with Crippen LogP contribution in [0.5, 0.6) is 0 Å².